The maximum atomic E-state index is 13.9. The molecular weight excluding hydrogens is 383 g/mol. The van der Waals surface area contributed by atoms with E-state index in [0.29, 0.717) is 11.4 Å². The summed E-state index contributed by atoms with van der Waals surface area (Å²) in [6.07, 6.45) is 0. The normalized spacial score (nSPS) is 14.4. The van der Waals surface area contributed by atoms with Gasteiger partial charge in [0, 0.05) is 0 Å². The maximum absolute atomic E-state index is 13.9. The molecule has 2 heterocycles. The number of hydrogen-bond acceptors (Lipinski definition) is 6. The Labute approximate surface area is 163 Å². The number of amides is 2. The Morgan fingerprint density at radius 1 is 1.21 bits per heavy atom. The molecule has 1 atom stereocenters. The zero-order valence-corrected chi connectivity index (χ0v) is 15.6. The molecule has 0 fully saturated rings. The average molecular weight is 398 g/mol. The smallest absolute Gasteiger partial charge is 0.277 e. The highest BCUT2D eigenvalue weighted by molar-refractivity contribution is 8.00. The van der Waals surface area contributed by atoms with Crippen LogP contribution in [0, 0.1) is 5.82 Å². The summed E-state index contributed by atoms with van der Waals surface area (Å²) in [6, 6.07) is 13.2. The molecule has 1 aromatic heterocycles. The van der Waals surface area contributed by atoms with E-state index < -0.39 is 11.1 Å². The summed E-state index contributed by atoms with van der Waals surface area (Å²) in [4.78, 5) is 26.3. The number of nitrogens with zero attached hydrogens (tertiary/aromatic N) is 3. The molecule has 2 aromatic carbocycles. The summed E-state index contributed by atoms with van der Waals surface area (Å²) in [5, 5.41) is 10.0. The standard InChI is InChI=1S/C19H15FN4O3S/c1-11(18(26)24-10-16(25)21-14-8-4-5-9-15(14)24)28-19-23-22-17(27-19)12-6-2-3-7-13(12)20/h2-9,11H,10H2,1H3,(H,21,25)/t11-/m0/s1. The molecule has 1 aliphatic heterocycles. The van der Waals surface area contributed by atoms with Crippen LogP contribution in [0.5, 0.6) is 0 Å². The Balaban J connectivity index is 1.52. The second-order valence-corrected chi connectivity index (χ2v) is 7.39. The molecule has 142 valence electrons. The molecule has 9 heteroatoms. The number of nitrogens with one attached hydrogen (secondary N) is 1. The summed E-state index contributed by atoms with van der Waals surface area (Å²) in [5.41, 5.74) is 1.42. The third-order valence-corrected chi connectivity index (χ3v) is 5.09. The van der Waals surface area contributed by atoms with Gasteiger partial charge in [0.25, 0.3) is 11.1 Å². The number of hydrogen-bond donors (Lipinski definition) is 1. The minimum atomic E-state index is -0.590. The van der Waals surface area contributed by atoms with Crippen LogP contribution in [0.2, 0.25) is 0 Å². The molecule has 0 unspecified atom stereocenters. The molecular formula is C19H15FN4O3S. The van der Waals surface area contributed by atoms with E-state index in [4.69, 9.17) is 4.42 Å². The Morgan fingerprint density at radius 3 is 2.79 bits per heavy atom. The van der Waals surface area contributed by atoms with Crippen LogP contribution < -0.4 is 10.2 Å². The zero-order chi connectivity index (χ0) is 19.7. The number of carbonyl (C=O) groups is 2. The van der Waals surface area contributed by atoms with Gasteiger partial charge in [-0.05, 0) is 31.2 Å². The first-order valence-corrected chi connectivity index (χ1v) is 9.36. The third kappa shape index (κ3) is 3.48. The van der Waals surface area contributed by atoms with Gasteiger partial charge in [-0.3, -0.25) is 14.5 Å². The lowest BCUT2D eigenvalue weighted by atomic mass is 10.2. The lowest BCUT2D eigenvalue weighted by molar-refractivity contribution is -0.121. The van der Waals surface area contributed by atoms with Gasteiger partial charge in [-0.15, -0.1) is 10.2 Å². The Hall–Kier alpha value is -3.20. The number of benzene rings is 2. The van der Waals surface area contributed by atoms with Crippen molar-refractivity contribution in [3.63, 3.8) is 0 Å². The first-order chi connectivity index (χ1) is 13.5. The van der Waals surface area contributed by atoms with Crippen LogP contribution in [0.15, 0.2) is 58.2 Å². The van der Waals surface area contributed by atoms with Gasteiger partial charge in [-0.25, -0.2) is 4.39 Å². The zero-order valence-electron chi connectivity index (χ0n) is 14.8. The fourth-order valence-corrected chi connectivity index (χ4v) is 3.60. The van der Waals surface area contributed by atoms with E-state index in [1.165, 1.54) is 17.0 Å². The topological polar surface area (TPSA) is 88.3 Å². The van der Waals surface area contributed by atoms with Crippen molar-refractivity contribution in [1.82, 2.24) is 10.2 Å². The van der Waals surface area contributed by atoms with Gasteiger partial charge in [0.2, 0.25) is 11.8 Å². The van der Waals surface area contributed by atoms with Crippen molar-refractivity contribution in [1.29, 1.82) is 0 Å². The van der Waals surface area contributed by atoms with Gasteiger partial charge in [0.05, 0.1) is 22.2 Å². The third-order valence-electron chi connectivity index (χ3n) is 4.17. The number of rotatable bonds is 4. The van der Waals surface area contributed by atoms with Crippen molar-refractivity contribution in [2.45, 2.75) is 17.4 Å². The molecule has 0 saturated heterocycles. The number of para-hydroxylation sites is 2. The molecule has 0 spiro atoms. The van der Waals surface area contributed by atoms with E-state index in [2.05, 4.69) is 15.5 Å². The lowest BCUT2D eigenvalue weighted by Gasteiger charge is -2.30. The second-order valence-electron chi connectivity index (χ2n) is 6.10. The van der Waals surface area contributed by atoms with E-state index in [0.717, 1.165) is 11.8 Å². The van der Waals surface area contributed by atoms with Gasteiger partial charge in [-0.1, -0.05) is 36.0 Å². The second kappa shape index (κ2) is 7.43. The predicted octanol–water partition coefficient (Wildman–Crippen LogP) is 3.34. The fraction of sp³-hybridized carbons (Fsp3) is 0.158. The Kier molecular flexibility index (Phi) is 4.82. The summed E-state index contributed by atoms with van der Waals surface area (Å²) in [7, 11) is 0. The van der Waals surface area contributed by atoms with E-state index in [9.17, 15) is 14.0 Å². The summed E-state index contributed by atoms with van der Waals surface area (Å²) < 4.78 is 19.4. The monoisotopic (exact) mass is 398 g/mol. The molecule has 0 aliphatic carbocycles. The first-order valence-electron chi connectivity index (χ1n) is 8.48. The number of halogens is 1. The van der Waals surface area contributed by atoms with Crippen molar-refractivity contribution in [2.75, 3.05) is 16.8 Å². The van der Waals surface area contributed by atoms with Crippen LogP contribution in [0.4, 0.5) is 15.8 Å². The summed E-state index contributed by atoms with van der Waals surface area (Å²) in [5.74, 6) is -0.951. The summed E-state index contributed by atoms with van der Waals surface area (Å²) in [6.45, 7) is 1.63. The van der Waals surface area contributed by atoms with Crippen LogP contribution in [0.3, 0.4) is 0 Å². The molecule has 0 bridgehead atoms. The molecule has 2 amide bonds. The van der Waals surface area contributed by atoms with Crippen molar-refractivity contribution in [2.24, 2.45) is 0 Å². The minimum Gasteiger partial charge on any atom is -0.411 e. The number of fused-ring (bicyclic) bond motifs is 1. The lowest BCUT2D eigenvalue weighted by Crippen LogP contribution is -2.45. The van der Waals surface area contributed by atoms with Gasteiger partial charge in [0.1, 0.15) is 12.4 Å². The van der Waals surface area contributed by atoms with Crippen LogP contribution in [0.1, 0.15) is 6.92 Å². The van der Waals surface area contributed by atoms with Crippen LogP contribution >= 0.6 is 11.8 Å². The van der Waals surface area contributed by atoms with Gasteiger partial charge < -0.3 is 9.73 Å². The van der Waals surface area contributed by atoms with E-state index in [1.54, 1.807) is 43.3 Å². The molecule has 28 heavy (non-hydrogen) atoms. The Morgan fingerprint density at radius 2 is 1.96 bits per heavy atom. The van der Waals surface area contributed by atoms with Crippen molar-refractivity contribution in [3.05, 3.63) is 54.3 Å². The van der Waals surface area contributed by atoms with Crippen molar-refractivity contribution >= 4 is 35.0 Å². The highest BCUT2D eigenvalue weighted by Crippen LogP contribution is 2.33. The van der Waals surface area contributed by atoms with Gasteiger partial charge in [-0.2, -0.15) is 0 Å². The molecule has 1 N–H and O–H groups in total. The van der Waals surface area contributed by atoms with Gasteiger partial charge in [0.15, 0.2) is 0 Å². The minimum absolute atomic E-state index is 0.0444. The maximum Gasteiger partial charge on any atom is 0.277 e. The molecule has 0 radical (unpaired) electrons. The molecule has 1 aliphatic rings. The summed E-state index contributed by atoms with van der Waals surface area (Å²) >= 11 is 1.06. The quantitative estimate of drug-likeness (QED) is 0.678. The van der Waals surface area contributed by atoms with E-state index in [1.807, 2.05) is 0 Å². The van der Waals surface area contributed by atoms with E-state index >= 15 is 0 Å². The van der Waals surface area contributed by atoms with E-state index in [-0.39, 0.29) is 35.0 Å². The fourth-order valence-electron chi connectivity index (χ4n) is 2.85. The molecule has 7 nitrogen and oxygen atoms in total. The molecule has 4 rings (SSSR count). The van der Waals surface area contributed by atoms with Crippen molar-refractivity contribution < 1.29 is 18.4 Å². The Bertz CT molecular complexity index is 1050. The molecule has 0 saturated carbocycles. The van der Waals surface area contributed by atoms with Crippen molar-refractivity contribution in [3.8, 4) is 11.5 Å². The highest BCUT2D eigenvalue weighted by Gasteiger charge is 2.31. The highest BCUT2D eigenvalue weighted by atomic mass is 32.2. The predicted molar refractivity (Wildman–Crippen MR) is 102 cm³/mol. The SMILES string of the molecule is C[C@H](Sc1nnc(-c2ccccc2F)o1)C(=O)N1CC(=O)Nc2ccccc21. The van der Waals surface area contributed by atoms with Gasteiger partial charge >= 0.3 is 0 Å². The number of carbonyl (C=O) groups excluding carboxylic acids is 2. The van der Waals surface area contributed by atoms with Crippen LogP contribution in [-0.4, -0.2) is 33.8 Å². The average Bonchev–Trinajstić information content (AvgIpc) is 3.15. The number of aromatic nitrogens is 2. The number of thioether (sulfide) groups is 1. The van der Waals surface area contributed by atoms with Crippen LogP contribution in [0.25, 0.3) is 11.5 Å². The van der Waals surface area contributed by atoms with Crippen LogP contribution in [-0.2, 0) is 9.59 Å². The number of anilines is 2. The largest absolute Gasteiger partial charge is 0.411 e. The first kappa shape index (κ1) is 18.2. The molecule has 3 aromatic rings.